The third kappa shape index (κ3) is 3.19. The fourth-order valence-corrected chi connectivity index (χ4v) is 7.83. The number of benzene rings is 1. The van der Waals surface area contributed by atoms with Crippen molar-refractivity contribution in [2.75, 3.05) is 14.2 Å². The van der Waals surface area contributed by atoms with Gasteiger partial charge in [0.05, 0.1) is 0 Å². The van der Waals surface area contributed by atoms with Crippen LogP contribution in [0, 0.1) is 5.92 Å². The van der Waals surface area contributed by atoms with Gasteiger partial charge >= 0.3 is 144 Å². The van der Waals surface area contributed by atoms with Crippen LogP contribution in [0.1, 0.15) is 30.7 Å². The second-order valence-electron chi connectivity index (χ2n) is 8.23. The summed E-state index contributed by atoms with van der Waals surface area (Å²) in [5.74, 6) is 0.249. The SMILES string of the molecule is COC(=O)C1C2CCC(C[C@@H]1c1cc[c]([Sn]([CH3])([CH3])[CH3])cc1)N2C. The topological polar surface area (TPSA) is 29.5 Å². The van der Waals surface area contributed by atoms with E-state index in [0.29, 0.717) is 18.0 Å². The summed E-state index contributed by atoms with van der Waals surface area (Å²) >= 11 is -2.01. The summed E-state index contributed by atoms with van der Waals surface area (Å²) in [7, 11) is 3.70. The van der Waals surface area contributed by atoms with Crippen molar-refractivity contribution < 1.29 is 9.53 Å². The van der Waals surface area contributed by atoms with E-state index < -0.39 is 18.4 Å². The fourth-order valence-electron chi connectivity index (χ4n) is 4.50. The molecule has 0 N–H and O–H groups in total. The van der Waals surface area contributed by atoms with Crippen LogP contribution < -0.4 is 3.58 Å². The van der Waals surface area contributed by atoms with E-state index in [4.69, 9.17) is 4.74 Å². The van der Waals surface area contributed by atoms with Gasteiger partial charge in [0.2, 0.25) is 0 Å². The van der Waals surface area contributed by atoms with Crippen LogP contribution in [0.25, 0.3) is 0 Å². The Morgan fingerprint density at radius 1 is 1.17 bits per heavy atom. The molecule has 4 atom stereocenters. The Morgan fingerprint density at radius 3 is 2.39 bits per heavy atom. The van der Waals surface area contributed by atoms with E-state index in [-0.39, 0.29) is 11.9 Å². The average Bonchev–Trinajstić information content (AvgIpc) is 2.75. The molecule has 2 aliphatic rings. The monoisotopic (exact) mass is 423 g/mol. The number of carbonyl (C=O) groups is 1. The van der Waals surface area contributed by atoms with E-state index in [1.165, 1.54) is 19.1 Å². The van der Waals surface area contributed by atoms with Crippen LogP contribution in [-0.4, -0.2) is 55.5 Å². The molecule has 0 spiro atoms. The molecule has 1 aromatic rings. The standard InChI is InChI=1S/C16H20NO2.3CH3.Sn/c1-17-12-8-9-14(17)15(16(18)19-2)13(10-12)11-6-4-3-5-7-11;;;;/h4-7,12-15H,8-10H2,1-2H3;3*1H3;/t12?,13-,14?,15?;;;;/m1..../s1. The number of ether oxygens (including phenoxy) is 1. The third-order valence-electron chi connectivity index (χ3n) is 5.95. The Labute approximate surface area is 144 Å². The molecule has 2 heterocycles. The van der Waals surface area contributed by atoms with Crippen molar-refractivity contribution in [2.45, 2.75) is 52.1 Å². The van der Waals surface area contributed by atoms with Crippen LogP contribution >= 0.6 is 0 Å². The zero-order valence-corrected chi connectivity index (χ0v) is 17.9. The summed E-state index contributed by atoms with van der Waals surface area (Å²) < 4.78 is 6.71. The molecular weight excluding hydrogens is 393 g/mol. The van der Waals surface area contributed by atoms with Crippen LogP contribution in [0.15, 0.2) is 24.3 Å². The van der Waals surface area contributed by atoms with E-state index in [9.17, 15) is 4.79 Å². The molecule has 2 bridgehead atoms. The van der Waals surface area contributed by atoms with Gasteiger partial charge in [-0.15, -0.1) is 0 Å². The van der Waals surface area contributed by atoms with E-state index >= 15 is 0 Å². The normalized spacial score (nSPS) is 31.2. The predicted molar refractivity (Wildman–Crippen MR) is 96.9 cm³/mol. The molecule has 2 aliphatic heterocycles. The number of methoxy groups -OCH3 is 1. The number of fused-ring (bicyclic) bond motifs is 2. The minimum atomic E-state index is -2.01. The molecule has 23 heavy (non-hydrogen) atoms. The van der Waals surface area contributed by atoms with Crippen molar-refractivity contribution in [1.82, 2.24) is 4.90 Å². The maximum absolute atomic E-state index is 12.5. The number of rotatable bonds is 3. The number of hydrogen-bond donors (Lipinski definition) is 0. The molecule has 3 rings (SSSR count). The van der Waals surface area contributed by atoms with Gasteiger partial charge in [-0.1, -0.05) is 0 Å². The van der Waals surface area contributed by atoms with Crippen molar-refractivity contribution in [3.05, 3.63) is 29.8 Å². The van der Waals surface area contributed by atoms with Gasteiger partial charge in [-0.3, -0.25) is 0 Å². The molecule has 0 aliphatic carbocycles. The summed E-state index contributed by atoms with van der Waals surface area (Å²) in [5.41, 5.74) is 1.32. The first kappa shape index (κ1) is 17.3. The molecule has 126 valence electrons. The van der Waals surface area contributed by atoms with E-state index in [1.54, 1.807) is 3.58 Å². The van der Waals surface area contributed by atoms with Crippen LogP contribution in [-0.2, 0) is 9.53 Å². The molecule has 0 radical (unpaired) electrons. The van der Waals surface area contributed by atoms with Crippen molar-refractivity contribution in [3.8, 4) is 0 Å². The van der Waals surface area contributed by atoms with Crippen LogP contribution in [0.2, 0.25) is 14.8 Å². The van der Waals surface area contributed by atoms with E-state index in [1.807, 2.05) is 0 Å². The van der Waals surface area contributed by atoms with Gasteiger partial charge in [-0.25, -0.2) is 0 Å². The number of piperidine rings is 1. The molecule has 3 nitrogen and oxygen atoms in total. The molecule has 3 unspecified atom stereocenters. The predicted octanol–water partition coefficient (Wildman–Crippen LogP) is 2.97. The molecule has 0 saturated carbocycles. The maximum atomic E-state index is 12.5. The summed E-state index contributed by atoms with van der Waals surface area (Å²) in [6.07, 6.45) is 3.40. The van der Waals surface area contributed by atoms with Gasteiger partial charge in [0.1, 0.15) is 0 Å². The molecule has 2 saturated heterocycles. The van der Waals surface area contributed by atoms with E-state index in [0.717, 1.165) is 12.8 Å². The Hall–Kier alpha value is -0.551. The second kappa shape index (κ2) is 6.40. The molecule has 4 heteroatoms. The second-order valence-corrected chi connectivity index (χ2v) is 22.7. The Balaban J connectivity index is 1.92. The van der Waals surface area contributed by atoms with Crippen molar-refractivity contribution in [2.24, 2.45) is 5.92 Å². The number of esters is 1. The average molecular weight is 422 g/mol. The number of carbonyl (C=O) groups excluding carboxylic acids is 1. The van der Waals surface area contributed by atoms with Crippen molar-refractivity contribution >= 4 is 27.9 Å². The Morgan fingerprint density at radius 2 is 1.83 bits per heavy atom. The zero-order valence-electron chi connectivity index (χ0n) is 15.0. The molecule has 0 aromatic heterocycles. The van der Waals surface area contributed by atoms with Crippen molar-refractivity contribution in [3.63, 3.8) is 0 Å². The molecule has 2 fully saturated rings. The third-order valence-corrected chi connectivity index (χ3v) is 11.8. The molecule has 1 aromatic carbocycles. The first-order valence-electron chi connectivity index (χ1n) is 8.73. The number of nitrogens with zero attached hydrogens (tertiary/aromatic N) is 1. The first-order chi connectivity index (χ1) is 10.8. The summed E-state index contributed by atoms with van der Waals surface area (Å²) in [6, 6.07) is 10.2. The van der Waals surface area contributed by atoms with Gasteiger partial charge in [-0.05, 0) is 0 Å². The quantitative estimate of drug-likeness (QED) is 0.555. The van der Waals surface area contributed by atoms with Gasteiger partial charge < -0.3 is 0 Å². The van der Waals surface area contributed by atoms with Gasteiger partial charge in [-0.2, -0.15) is 0 Å². The summed E-state index contributed by atoms with van der Waals surface area (Å²) in [5, 5.41) is 0. The summed E-state index contributed by atoms with van der Waals surface area (Å²) in [6.45, 7) is 0. The van der Waals surface area contributed by atoms with Crippen LogP contribution in [0.5, 0.6) is 0 Å². The van der Waals surface area contributed by atoms with Crippen molar-refractivity contribution in [1.29, 1.82) is 0 Å². The molecule has 0 amide bonds. The number of hydrogen-bond acceptors (Lipinski definition) is 3. The Kier molecular flexibility index (Phi) is 4.80. The van der Waals surface area contributed by atoms with Crippen LogP contribution in [0.4, 0.5) is 0 Å². The summed E-state index contributed by atoms with van der Waals surface area (Å²) in [4.78, 5) is 22.2. The van der Waals surface area contributed by atoms with Gasteiger partial charge in [0, 0.05) is 0 Å². The van der Waals surface area contributed by atoms with Crippen LogP contribution in [0.3, 0.4) is 0 Å². The van der Waals surface area contributed by atoms with E-state index in [2.05, 4.69) is 51.0 Å². The zero-order chi connectivity index (χ0) is 16.8. The first-order valence-corrected chi connectivity index (χ1v) is 18.7. The minimum absolute atomic E-state index is 0.0206. The fraction of sp³-hybridized carbons (Fsp3) is 0.632. The Bertz CT molecular complexity index is 578. The van der Waals surface area contributed by atoms with Gasteiger partial charge in [0.25, 0.3) is 0 Å². The molecular formula is C19H29NO2Sn. The van der Waals surface area contributed by atoms with Gasteiger partial charge in [0.15, 0.2) is 0 Å².